The molecule has 1 heterocycles. The van der Waals surface area contributed by atoms with Crippen molar-refractivity contribution < 1.29 is 19.4 Å². The molecule has 3 N–H and O–H groups in total. The van der Waals surface area contributed by atoms with Crippen molar-refractivity contribution >= 4 is 12.1 Å². The smallest absolute Gasteiger partial charge is 0.408 e. The molecule has 1 aliphatic rings. The molecular weight excluding hydrogens is 236 g/mol. The Morgan fingerprint density at radius 1 is 1.61 bits per heavy atom. The first kappa shape index (κ1) is 14.5. The van der Waals surface area contributed by atoms with Crippen LogP contribution in [0.15, 0.2) is 12.7 Å². The molecule has 1 fully saturated rings. The molecule has 6 heteroatoms. The van der Waals surface area contributed by atoms with E-state index in [4.69, 9.17) is 9.84 Å². The van der Waals surface area contributed by atoms with Crippen molar-refractivity contribution in [3.05, 3.63) is 12.7 Å². The van der Waals surface area contributed by atoms with Gasteiger partial charge >= 0.3 is 12.1 Å². The molecule has 2 atom stereocenters. The maximum atomic E-state index is 11.3. The molecule has 0 spiro atoms. The fourth-order valence-electron chi connectivity index (χ4n) is 2.00. The van der Waals surface area contributed by atoms with Gasteiger partial charge in [0.15, 0.2) is 0 Å². The number of aliphatic carboxylic acids is 1. The van der Waals surface area contributed by atoms with Crippen molar-refractivity contribution in [2.45, 2.75) is 25.3 Å². The number of alkyl carbamates (subject to hydrolysis) is 1. The minimum absolute atomic E-state index is 0.0726. The summed E-state index contributed by atoms with van der Waals surface area (Å²) < 4.78 is 4.71. The van der Waals surface area contributed by atoms with E-state index in [2.05, 4.69) is 17.2 Å². The molecule has 0 aromatic heterocycles. The Morgan fingerprint density at radius 2 is 2.39 bits per heavy atom. The lowest BCUT2D eigenvalue weighted by molar-refractivity contribution is -0.139. The number of nitrogens with one attached hydrogen (secondary N) is 2. The normalized spacial score (nSPS) is 20.8. The quantitative estimate of drug-likeness (QED) is 0.610. The van der Waals surface area contributed by atoms with E-state index < -0.39 is 18.1 Å². The molecule has 0 radical (unpaired) electrons. The maximum Gasteiger partial charge on any atom is 0.408 e. The van der Waals surface area contributed by atoms with Gasteiger partial charge in [0.05, 0.1) is 0 Å². The van der Waals surface area contributed by atoms with Crippen molar-refractivity contribution in [1.82, 2.24) is 10.6 Å². The summed E-state index contributed by atoms with van der Waals surface area (Å²) in [5, 5.41) is 14.6. The predicted molar refractivity (Wildman–Crippen MR) is 66.3 cm³/mol. The first-order valence-electron chi connectivity index (χ1n) is 6.11. The topological polar surface area (TPSA) is 87.7 Å². The third-order valence-corrected chi connectivity index (χ3v) is 2.89. The number of amides is 1. The van der Waals surface area contributed by atoms with Crippen LogP contribution in [0.5, 0.6) is 0 Å². The number of hydrogen-bond donors (Lipinski definition) is 3. The van der Waals surface area contributed by atoms with Gasteiger partial charge in [-0.15, -0.1) is 0 Å². The van der Waals surface area contributed by atoms with E-state index in [1.54, 1.807) is 0 Å². The minimum Gasteiger partial charge on any atom is -0.480 e. The molecule has 1 aliphatic heterocycles. The van der Waals surface area contributed by atoms with E-state index in [0.29, 0.717) is 6.42 Å². The van der Waals surface area contributed by atoms with E-state index in [9.17, 15) is 9.59 Å². The number of carboxylic acid groups (broad SMARTS) is 1. The SMILES string of the molecule is C=CCOC(=O)NC(CC1CCCNC1)C(=O)O. The molecule has 0 saturated carbocycles. The summed E-state index contributed by atoms with van der Waals surface area (Å²) >= 11 is 0. The molecule has 1 saturated heterocycles. The van der Waals surface area contributed by atoms with Crippen molar-refractivity contribution in [3.8, 4) is 0 Å². The minimum atomic E-state index is -1.03. The van der Waals surface area contributed by atoms with Gasteiger partial charge in [-0.05, 0) is 38.3 Å². The summed E-state index contributed by atoms with van der Waals surface area (Å²) in [5.41, 5.74) is 0. The number of piperidine rings is 1. The molecule has 2 unspecified atom stereocenters. The zero-order chi connectivity index (χ0) is 13.4. The van der Waals surface area contributed by atoms with Gasteiger partial charge in [-0.1, -0.05) is 12.7 Å². The highest BCUT2D eigenvalue weighted by molar-refractivity contribution is 5.79. The number of hydrogen-bond acceptors (Lipinski definition) is 4. The summed E-state index contributed by atoms with van der Waals surface area (Å²) in [7, 11) is 0. The van der Waals surface area contributed by atoms with Crippen LogP contribution in [-0.4, -0.2) is 42.9 Å². The molecule has 0 aliphatic carbocycles. The van der Waals surface area contributed by atoms with E-state index >= 15 is 0 Å². The van der Waals surface area contributed by atoms with E-state index in [1.807, 2.05) is 0 Å². The Kier molecular flexibility index (Phi) is 6.21. The Balaban J connectivity index is 2.40. The average Bonchev–Trinajstić information content (AvgIpc) is 2.36. The third kappa shape index (κ3) is 5.18. The van der Waals surface area contributed by atoms with E-state index in [0.717, 1.165) is 25.9 Å². The lowest BCUT2D eigenvalue weighted by Crippen LogP contribution is -2.44. The molecular formula is C12H20N2O4. The average molecular weight is 256 g/mol. The Morgan fingerprint density at radius 3 is 2.94 bits per heavy atom. The van der Waals surface area contributed by atoms with Gasteiger partial charge < -0.3 is 20.5 Å². The van der Waals surface area contributed by atoms with Crippen LogP contribution >= 0.6 is 0 Å². The number of rotatable bonds is 6. The standard InChI is InChI=1S/C12H20N2O4/c1-2-6-18-12(17)14-10(11(15)16)7-9-4-3-5-13-8-9/h2,9-10,13H,1,3-8H2,(H,14,17)(H,15,16). The number of ether oxygens (including phenoxy) is 1. The molecule has 18 heavy (non-hydrogen) atoms. The highest BCUT2D eigenvalue weighted by Gasteiger charge is 2.25. The number of carboxylic acids is 1. The van der Waals surface area contributed by atoms with Crippen molar-refractivity contribution in [2.24, 2.45) is 5.92 Å². The Bertz CT molecular complexity index is 300. The second-order valence-corrected chi connectivity index (χ2v) is 4.37. The van der Waals surface area contributed by atoms with E-state index in [-0.39, 0.29) is 12.5 Å². The van der Waals surface area contributed by atoms with Crippen molar-refractivity contribution in [1.29, 1.82) is 0 Å². The molecule has 0 aromatic rings. The Hall–Kier alpha value is -1.56. The largest absolute Gasteiger partial charge is 0.480 e. The van der Waals surface area contributed by atoms with Gasteiger partial charge in [0.2, 0.25) is 0 Å². The molecule has 0 bridgehead atoms. The van der Waals surface area contributed by atoms with Gasteiger partial charge in [0.25, 0.3) is 0 Å². The number of carbonyl (C=O) groups is 2. The van der Waals surface area contributed by atoms with Crippen LogP contribution in [0.4, 0.5) is 4.79 Å². The van der Waals surface area contributed by atoms with Crippen LogP contribution in [0, 0.1) is 5.92 Å². The summed E-state index contributed by atoms with van der Waals surface area (Å²) in [6.45, 7) is 5.26. The lowest BCUT2D eigenvalue weighted by atomic mass is 9.92. The second kappa shape index (κ2) is 7.71. The second-order valence-electron chi connectivity index (χ2n) is 4.37. The molecule has 102 valence electrons. The predicted octanol–water partition coefficient (Wildman–Crippen LogP) is 0.741. The van der Waals surface area contributed by atoms with Gasteiger partial charge in [0, 0.05) is 0 Å². The highest BCUT2D eigenvalue weighted by atomic mass is 16.5. The molecule has 1 rings (SSSR count). The maximum absolute atomic E-state index is 11.3. The van der Waals surface area contributed by atoms with Crippen LogP contribution in [0.25, 0.3) is 0 Å². The van der Waals surface area contributed by atoms with Crippen LogP contribution in [0.1, 0.15) is 19.3 Å². The monoisotopic (exact) mass is 256 g/mol. The van der Waals surface area contributed by atoms with Crippen LogP contribution < -0.4 is 10.6 Å². The molecule has 0 aromatic carbocycles. The fraction of sp³-hybridized carbons (Fsp3) is 0.667. The zero-order valence-corrected chi connectivity index (χ0v) is 10.4. The summed E-state index contributed by atoms with van der Waals surface area (Å²) in [6.07, 6.45) is 3.16. The molecule has 1 amide bonds. The number of carbonyl (C=O) groups excluding carboxylic acids is 1. The van der Waals surface area contributed by atoms with Crippen LogP contribution in [0.2, 0.25) is 0 Å². The van der Waals surface area contributed by atoms with E-state index in [1.165, 1.54) is 6.08 Å². The van der Waals surface area contributed by atoms with Crippen molar-refractivity contribution in [2.75, 3.05) is 19.7 Å². The van der Waals surface area contributed by atoms with Gasteiger partial charge in [-0.2, -0.15) is 0 Å². The third-order valence-electron chi connectivity index (χ3n) is 2.89. The van der Waals surface area contributed by atoms with Gasteiger partial charge in [0.1, 0.15) is 12.6 Å². The summed E-state index contributed by atoms with van der Waals surface area (Å²) in [5.74, 6) is -0.754. The lowest BCUT2D eigenvalue weighted by Gasteiger charge is -2.25. The summed E-state index contributed by atoms with van der Waals surface area (Å²) in [4.78, 5) is 22.4. The summed E-state index contributed by atoms with van der Waals surface area (Å²) in [6, 6.07) is -0.896. The molecule has 6 nitrogen and oxygen atoms in total. The Labute approximate surface area is 106 Å². The zero-order valence-electron chi connectivity index (χ0n) is 10.4. The fourth-order valence-corrected chi connectivity index (χ4v) is 2.00. The van der Waals surface area contributed by atoms with Crippen LogP contribution in [-0.2, 0) is 9.53 Å². The van der Waals surface area contributed by atoms with Gasteiger partial charge in [-0.25, -0.2) is 9.59 Å². The van der Waals surface area contributed by atoms with Crippen molar-refractivity contribution in [3.63, 3.8) is 0 Å². The van der Waals surface area contributed by atoms with Gasteiger partial charge in [-0.3, -0.25) is 0 Å². The first-order chi connectivity index (χ1) is 8.63. The highest BCUT2D eigenvalue weighted by Crippen LogP contribution is 2.16. The first-order valence-corrected chi connectivity index (χ1v) is 6.11. The van der Waals surface area contributed by atoms with Crippen LogP contribution in [0.3, 0.4) is 0 Å².